The van der Waals surface area contributed by atoms with E-state index in [1.807, 2.05) is 19.9 Å². The first-order chi connectivity index (χ1) is 15.9. The Morgan fingerprint density at radius 1 is 0.970 bits per heavy atom. The third-order valence-corrected chi connectivity index (χ3v) is 7.19. The molecule has 2 nitrogen and oxygen atoms in total. The van der Waals surface area contributed by atoms with Gasteiger partial charge in [-0.25, -0.2) is 0 Å². The zero-order valence-corrected chi connectivity index (χ0v) is 21.1. The molecule has 0 aromatic heterocycles. The van der Waals surface area contributed by atoms with Gasteiger partial charge in [0, 0.05) is 25.2 Å². The molecule has 33 heavy (non-hydrogen) atoms. The second-order valence-corrected chi connectivity index (χ2v) is 9.78. The van der Waals surface area contributed by atoms with Crippen LogP contribution in [0.4, 0.5) is 0 Å². The van der Waals surface area contributed by atoms with Crippen molar-refractivity contribution in [3.8, 4) is 0 Å². The zero-order valence-electron chi connectivity index (χ0n) is 21.1. The first-order valence-electron chi connectivity index (χ1n) is 12.9. The van der Waals surface area contributed by atoms with Gasteiger partial charge in [0.1, 0.15) is 5.78 Å². The van der Waals surface area contributed by atoms with Crippen LogP contribution in [0.1, 0.15) is 113 Å². The molecule has 0 radical (unpaired) electrons. The molecule has 0 saturated heterocycles. The highest BCUT2D eigenvalue weighted by molar-refractivity contribution is 5.98. The number of aryl methyl sites for hydroxylation is 1. The third-order valence-electron chi connectivity index (χ3n) is 7.19. The first-order valence-corrected chi connectivity index (χ1v) is 12.9. The fraction of sp³-hybridized carbons (Fsp3) is 0.484. The Balaban J connectivity index is 0.00000133. The molecule has 0 aliphatic heterocycles. The Morgan fingerprint density at radius 2 is 1.64 bits per heavy atom. The van der Waals surface area contributed by atoms with Crippen LogP contribution in [0.25, 0.3) is 6.08 Å². The summed E-state index contributed by atoms with van der Waals surface area (Å²) in [6, 6.07) is 15.1. The lowest BCUT2D eigenvalue weighted by Gasteiger charge is -2.25. The largest absolute Gasteiger partial charge is 0.300 e. The summed E-state index contributed by atoms with van der Waals surface area (Å²) < 4.78 is 0. The molecule has 1 unspecified atom stereocenters. The van der Waals surface area contributed by atoms with Gasteiger partial charge in [-0.2, -0.15) is 0 Å². The van der Waals surface area contributed by atoms with Gasteiger partial charge in [0.25, 0.3) is 0 Å². The van der Waals surface area contributed by atoms with Gasteiger partial charge in [-0.1, -0.05) is 87.2 Å². The Kier molecular flexibility index (Phi) is 8.83. The molecule has 2 aromatic rings. The minimum absolute atomic E-state index is 0. The predicted molar refractivity (Wildman–Crippen MR) is 141 cm³/mol. The van der Waals surface area contributed by atoms with Crippen molar-refractivity contribution in [1.29, 1.82) is 0 Å². The van der Waals surface area contributed by atoms with E-state index in [9.17, 15) is 9.59 Å². The summed E-state index contributed by atoms with van der Waals surface area (Å²) in [6.07, 6.45) is 9.07. The monoisotopic (exact) mass is 446 g/mol. The first kappa shape index (κ1) is 25.1. The quantitative estimate of drug-likeness (QED) is 0.399. The van der Waals surface area contributed by atoms with Gasteiger partial charge in [-0.05, 0) is 68.2 Å². The van der Waals surface area contributed by atoms with Crippen LogP contribution in [0.3, 0.4) is 0 Å². The minimum atomic E-state index is 0. The normalized spacial score (nSPS) is 21.5. The van der Waals surface area contributed by atoms with Gasteiger partial charge >= 0.3 is 0 Å². The van der Waals surface area contributed by atoms with Crippen LogP contribution in [0, 0.1) is 18.8 Å². The van der Waals surface area contributed by atoms with Crippen molar-refractivity contribution in [2.75, 3.05) is 0 Å². The van der Waals surface area contributed by atoms with Crippen LogP contribution in [0.15, 0.2) is 48.0 Å². The third kappa shape index (κ3) is 6.10. The van der Waals surface area contributed by atoms with Gasteiger partial charge in [0.2, 0.25) is 0 Å². The SMILES string of the molecule is CC.CC(=O)CCCC1=Cc2cc(C(=O)C3CCC(C)CC3)ccc2C1c1ccc(C)cc1.[HH]. The number of ketones is 2. The number of hydrogen-bond acceptors (Lipinski definition) is 2. The van der Waals surface area contributed by atoms with Gasteiger partial charge in [0.05, 0.1) is 0 Å². The number of benzene rings is 2. The lowest BCUT2D eigenvalue weighted by atomic mass is 9.79. The van der Waals surface area contributed by atoms with Crippen LogP contribution < -0.4 is 0 Å². The van der Waals surface area contributed by atoms with Crippen molar-refractivity contribution in [3.05, 3.63) is 75.9 Å². The number of carbonyl (C=O) groups is 2. The van der Waals surface area contributed by atoms with Crippen molar-refractivity contribution in [2.24, 2.45) is 11.8 Å². The van der Waals surface area contributed by atoms with Gasteiger partial charge in [0.15, 0.2) is 5.78 Å². The molecule has 0 amide bonds. The standard InChI is InChI=1S/C29H34O2.C2H6.H2/c1-19-7-11-22(12-8-19)28-24(6-4-5-21(3)30)17-26-18-25(15-16-27(26)28)29(31)23-13-9-20(2)10-14-23;1-2;/h7-8,11-12,15-18,20,23,28H,4-6,9-10,13-14H2,1-3H3;1-2H3;1H. The summed E-state index contributed by atoms with van der Waals surface area (Å²) in [5, 5.41) is 0. The number of Topliss-reactive ketones (excluding diaryl/α,β-unsaturated/α-hetero) is 2. The summed E-state index contributed by atoms with van der Waals surface area (Å²) in [7, 11) is 0. The number of fused-ring (bicyclic) bond motifs is 1. The number of hydrogen-bond donors (Lipinski definition) is 0. The Hall–Kier alpha value is -2.48. The molecule has 0 bridgehead atoms. The molecule has 2 heteroatoms. The molecule has 0 heterocycles. The molecule has 2 aliphatic carbocycles. The molecule has 0 N–H and O–H groups in total. The summed E-state index contributed by atoms with van der Waals surface area (Å²) in [4.78, 5) is 24.6. The lowest BCUT2D eigenvalue weighted by molar-refractivity contribution is -0.117. The van der Waals surface area contributed by atoms with E-state index in [1.54, 1.807) is 6.92 Å². The van der Waals surface area contributed by atoms with E-state index < -0.39 is 0 Å². The predicted octanol–water partition coefficient (Wildman–Crippen LogP) is 8.56. The highest BCUT2D eigenvalue weighted by atomic mass is 16.1. The Labute approximate surface area is 202 Å². The van der Waals surface area contributed by atoms with E-state index in [2.05, 4.69) is 56.3 Å². The fourth-order valence-electron chi connectivity index (χ4n) is 5.27. The average molecular weight is 447 g/mol. The van der Waals surface area contributed by atoms with Crippen LogP contribution in [-0.2, 0) is 4.79 Å². The van der Waals surface area contributed by atoms with Crippen molar-refractivity contribution in [3.63, 3.8) is 0 Å². The highest BCUT2D eigenvalue weighted by Crippen LogP contribution is 2.44. The van der Waals surface area contributed by atoms with E-state index in [4.69, 9.17) is 0 Å². The molecule has 178 valence electrons. The summed E-state index contributed by atoms with van der Waals surface area (Å²) in [5.41, 5.74) is 7.23. The van der Waals surface area contributed by atoms with Gasteiger partial charge in [-0.3, -0.25) is 4.79 Å². The van der Waals surface area contributed by atoms with Gasteiger partial charge < -0.3 is 4.79 Å². The van der Waals surface area contributed by atoms with Crippen LogP contribution in [-0.4, -0.2) is 11.6 Å². The van der Waals surface area contributed by atoms with Crippen LogP contribution >= 0.6 is 0 Å². The Morgan fingerprint density at radius 3 is 2.27 bits per heavy atom. The summed E-state index contributed by atoms with van der Waals surface area (Å²) in [6.45, 7) is 10.1. The second-order valence-electron chi connectivity index (χ2n) is 9.78. The van der Waals surface area contributed by atoms with Crippen LogP contribution in [0.5, 0.6) is 0 Å². The molecular formula is C31H42O2. The van der Waals surface area contributed by atoms with Crippen molar-refractivity contribution in [1.82, 2.24) is 0 Å². The van der Waals surface area contributed by atoms with E-state index in [0.717, 1.165) is 50.0 Å². The molecule has 1 atom stereocenters. The van der Waals surface area contributed by atoms with Crippen molar-refractivity contribution < 1.29 is 11.0 Å². The molecule has 1 fully saturated rings. The lowest BCUT2D eigenvalue weighted by Crippen LogP contribution is -2.21. The molecule has 2 aliphatic rings. The highest BCUT2D eigenvalue weighted by Gasteiger charge is 2.29. The molecule has 4 rings (SSSR count). The van der Waals surface area contributed by atoms with Crippen LogP contribution in [0.2, 0.25) is 0 Å². The minimum Gasteiger partial charge on any atom is -0.300 e. The van der Waals surface area contributed by atoms with Crippen molar-refractivity contribution >= 4 is 17.6 Å². The zero-order chi connectivity index (χ0) is 24.0. The molecule has 2 aromatic carbocycles. The number of rotatable bonds is 7. The molecular weight excluding hydrogens is 404 g/mol. The smallest absolute Gasteiger partial charge is 0.165 e. The van der Waals surface area contributed by atoms with E-state index >= 15 is 0 Å². The summed E-state index contributed by atoms with van der Waals surface area (Å²) in [5.74, 6) is 1.72. The van der Waals surface area contributed by atoms with E-state index in [-0.39, 0.29) is 19.0 Å². The van der Waals surface area contributed by atoms with E-state index in [0.29, 0.717) is 12.2 Å². The van der Waals surface area contributed by atoms with Crippen molar-refractivity contribution in [2.45, 2.75) is 85.5 Å². The van der Waals surface area contributed by atoms with Gasteiger partial charge in [-0.15, -0.1) is 0 Å². The maximum Gasteiger partial charge on any atom is 0.165 e. The maximum absolute atomic E-state index is 13.2. The summed E-state index contributed by atoms with van der Waals surface area (Å²) >= 11 is 0. The average Bonchev–Trinajstić information content (AvgIpc) is 3.18. The molecule has 1 saturated carbocycles. The molecule has 0 spiro atoms. The topological polar surface area (TPSA) is 34.1 Å². The maximum atomic E-state index is 13.2. The number of carbonyl (C=O) groups excluding carboxylic acids is 2. The number of allylic oxidation sites excluding steroid dienone is 1. The fourth-order valence-corrected chi connectivity index (χ4v) is 5.27. The Bertz CT molecular complexity index is 995. The van der Waals surface area contributed by atoms with E-state index in [1.165, 1.54) is 27.8 Å². The second kappa shape index (κ2) is 11.6.